The molecule has 2 N–H and O–H groups in total. The van der Waals surface area contributed by atoms with Crippen LogP contribution in [-0.4, -0.2) is 36.1 Å². The lowest BCUT2D eigenvalue weighted by Crippen LogP contribution is -2.45. The fraction of sp³-hybridized carbons (Fsp3) is 0.529. The van der Waals surface area contributed by atoms with Crippen LogP contribution in [0.4, 0.5) is 0 Å². The highest BCUT2D eigenvalue weighted by Crippen LogP contribution is 2.30. The normalized spacial score (nSPS) is 17.0. The van der Waals surface area contributed by atoms with Crippen LogP contribution in [0.5, 0.6) is 0 Å². The minimum Gasteiger partial charge on any atom is -0.361 e. The molecule has 0 unspecified atom stereocenters. The van der Waals surface area contributed by atoms with E-state index in [4.69, 9.17) is 0 Å². The first kappa shape index (κ1) is 19.3. The van der Waals surface area contributed by atoms with Gasteiger partial charge >= 0.3 is 0 Å². The molecule has 1 aliphatic heterocycles. The van der Waals surface area contributed by atoms with Crippen LogP contribution in [0.15, 0.2) is 30.5 Å². The second kappa shape index (κ2) is 8.78. The smallest absolute Gasteiger partial charge is 0.0454 e. The van der Waals surface area contributed by atoms with E-state index in [0.717, 1.165) is 32.1 Å². The van der Waals surface area contributed by atoms with E-state index in [9.17, 15) is 0 Å². The summed E-state index contributed by atoms with van der Waals surface area (Å²) in [5, 5.41) is 4.78. The first-order chi connectivity index (χ1) is 9.74. The summed E-state index contributed by atoms with van der Waals surface area (Å²) >= 11 is 0. The number of halogens is 2. The van der Waals surface area contributed by atoms with Gasteiger partial charge in [0.2, 0.25) is 0 Å². The van der Waals surface area contributed by atoms with Gasteiger partial charge in [-0.15, -0.1) is 24.8 Å². The van der Waals surface area contributed by atoms with E-state index in [1.165, 1.54) is 22.9 Å². The third-order valence-electron chi connectivity index (χ3n) is 4.25. The average molecular weight is 344 g/mol. The average Bonchev–Trinajstić information content (AvgIpc) is 2.93. The number of rotatable bonds is 4. The molecule has 1 fully saturated rings. The van der Waals surface area contributed by atoms with Gasteiger partial charge in [-0.3, -0.25) is 4.90 Å². The summed E-state index contributed by atoms with van der Waals surface area (Å²) in [5.41, 5.74) is 2.70. The van der Waals surface area contributed by atoms with Crippen molar-refractivity contribution in [2.24, 2.45) is 5.92 Å². The van der Waals surface area contributed by atoms with Gasteiger partial charge in [0.05, 0.1) is 0 Å². The molecule has 2 heterocycles. The molecule has 0 bridgehead atoms. The third-order valence-corrected chi connectivity index (χ3v) is 4.25. The lowest BCUT2D eigenvalue weighted by atomic mass is 9.94. The summed E-state index contributed by atoms with van der Waals surface area (Å²) in [6, 6.07) is 9.61. The molecule has 1 aliphatic rings. The fourth-order valence-corrected chi connectivity index (χ4v) is 3.22. The Labute approximate surface area is 145 Å². The van der Waals surface area contributed by atoms with Gasteiger partial charge < -0.3 is 10.3 Å². The topological polar surface area (TPSA) is 31.1 Å². The number of H-pyrrole nitrogens is 1. The van der Waals surface area contributed by atoms with E-state index in [0.29, 0.717) is 6.04 Å². The third kappa shape index (κ3) is 4.39. The zero-order valence-corrected chi connectivity index (χ0v) is 15.0. The SMILES string of the molecule is CC(C)C[C@@H](c1ccc2[nH]ccc2c1)N1CCNCC1.Cl.Cl. The molecule has 5 heteroatoms. The Morgan fingerprint density at radius 3 is 2.50 bits per heavy atom. The van der Waals surface area contributed by atoms with E-state index < -0.39 is 0 Å². The van der Waals surface area contributed by atoms with E-state index >= 15 is 0 Å². The Balaban J connectivity index is 0.00000121. The highest BCUT2D eigenvalue weighted by Gasteiger charge is 2.23. The van der Waals surface area contributed by atoms with Crippen LogP contribution in [0.2, 0.25) is 0 Å². The maximum Gasteiger partial charge on any atom is 0.0454 e. The molecule has 124 valence electrons. The van der Waals surface area contributed by atoms with Crippen molar-refractivity contribution in [2.45, 2.75) is 26.3 Å². The minimum atomic E-state index is 0. The molecule has 0 radical (unpaired) electrons. The molecule has 0 saturated carbocycles. The van der Waals surface area contributed by atoms with Crippen molar-refractivity contribution in [2.75, 3.05) is 26.2 Å². The summed E-state index contributed by atoms with van der Waals surface area (Å²) in [4.78, 5) is 5.93. The number of aromatic nitrogens is 1. The Morgan fingerprint density at radius 2 is 1.82 bits per heavy atom. The fourth-order valence-electron chi connectivity index (χ4n) is 3.22. The molecule has 1 saturated heterocycles. The molecule has 0 aliphatic carbocycles. The van der Waals surface area contributed by atoms with Gasteiger partial charge in [0, 0.05) is 43.9 Å². The van der Waals surface area contributed by atoms with Gasteiger partial charge in [0.25, 0.3) is 0 Å². The molecule has 0 spiro atoms. The maximum atomic E-state index is 3.45. The molecule has 3 rings (SSSR count). The molecular weight excluding hydrogens is 317 g/mol. The number of hydrogen-bond donors (Lipinski definition) is 2. The lowest BCUT2D eigenvalue weighted by Gasteiger charge is -2.36. The maximum absolute atomic E-state index is 3.45. The van der Waals surface area contributed by atoms with Crippen LogP contribution in [0.3, 0.4) is 0 Å². The first-order valence-corrected chi connectivity index (χ1v) is 7.76. The zero-order valence-electron chi connectivity index (χ0n) is 13.3. The number of aromatic amines is 1. The lowest BCUT2D eigenvalue weighted by molar-refractivity contribution is 0.154. The largest absolute Gasteiger partial charge is 0.361 e. The Kier molecular flexibility index (Phi) is 7.70. The van der Waals surface area contributed by atoms with E-state index in [2.05, 4.69) is 53.3 Å². The van der Waals surface area contributed by atoms with E-state index in [-0.39, 0.29) is 24.8 Å². The van der Waals surface area contributed by atoms with E-state index in [1.807, 2.05) is 6.20 Å². The molecule has 1 aromatic carbocycles. The van der Waals surface area contributed by atoms with Crippen LogP contribution in [-0.2, 0) is 0 Å². The highest BCUT2D eigenvalue weighted by molar-refractivity contribution is 5.85. The number of piperazine rings is 1. The van der Waals surface area contributed by atoms with Gasteiger partial charge in [-0.1, -0.05) is 19.9 Å². The summed E-state index contributed by atoms with van der Waals surface area (Å²) in [5.74, 6) is 0.719. The number of nitrogens with one attached hydrogen (secondary N) is 2. The summed E-state index contributed by atoms with van der Waals surface area (Å²) < 4.78 is 0. The monoisotopic (exact) mass is 343 g/mol. The molecule has 0 amide bonds. The van der Waals surface area contributed by atoms with Crippen molar-refractivity contribution in [1.82, 2.24) is 15.2 Å². The standard InChI is InChI=1S/C17H25N3.2ClH/c1-13(2)11-17(20-9-7-18-8-10-20)15-3-4-16-14(12-15)5-6-19-16;;/h3-6,12-13,17-19H,7-11H2,1-2H3;2*1H/t17-;;/m0../s1. The molecule has 1 atom stereocenters. The Morgan fingerprint density at radius 1 is 1.09 bits per heavy atom. The predicted octanol–water partition coefficient (Wildman–Crippen LogP) is 4.00. The Hall–Kier alpha value is -0.740. The second-order valence-corrected chi connectivity index (χ2v) is 6.26. The van der Waals surface area contributed by atoms with Crippen molar-refractivity contribution in [3.63, 3.8) is 0 Å². The molecule has 2 aromatic rings. The van der Waals surface area contributed by atoms with Crippen molar-refractivity contribution in [3.8, 4) is 0 Å². The molecule has 3 nitrogen and oxygen atoms in total. The van der Waals surface area contributed by atoms with Gasteiger partial charge in [-0.2, -0.15) is 0 Å². The van der Waals surface area contributed by atoms with Gasteiger partial charge in [0.1, 0.15) is 0 Å². The van der Waals surface area contributed by atoms with Crippen LogP contribution >= 0.6 is 24.8 Å². The number of nitrogens with zero attached hydrogens (tertiary/aromatic N) is 1. The molecule has 1 aromatic heterocycles. The summed E-state index contributed by atoms with van der Waals surface area (Å²) in [6.07, 6.45) is 3.26. The van der Waals surface area contributed by atoms with Crippen molar-refractivity contribution in [3.05, 3.63) is 36.0 Å². The van der Waals surface area contributed by atoms with Crippen LogP contribution in [0, 0.1) is 5.92 Å². The van der Waals surface area contributed by atoms with Crippen molar-refractivity contribution in [1.29, 1.82) is 0 Å². The quantitative estimate of drug-likeness (QED) is 0.878. The second-order valence-electron chi connectivity index (χ2n) is 6.26. The summed E-state index contributed by atoms with van der Waals surface area (Å²) in [6.45, 7) is 9.18. The highest BCUT2D eigenvalue weighted by atomic mass is 35.5. The number of hydrogen-bond acceptors (Lipinski definition) is 2. The van der Waals surface area contributed by atoms with Crippen LogP contribution in [0.1, 0.15) is 31.9 Å². The van der Waals surface area contributed by atoms with Crippen LogP contribution in [0.25, 0.3) is 10.9 Å². The van der Waals surface area contributed by atoms with Crippen molar-refractivity contribution >= 4 is 35.7 Å². The number of fused-ring (bicyclic) bond motifs is 1. The van der Waals surface area contributed by atoms with E-state index in [1.54, 1.807) is 0 Å². The van der Waals surface area contributed by atoms with Gasteiger partial charge in [0.15, 0.2) is 0 Å². The van der Waals surface area contributed by atoms with Crippen molar-refractivity contribution < 1.29 is 0 Å². The summed E-state index contributed by atoms with van der Waals surface area (Å²) in [7, 11) is 0. The van der Waals surface area contributed by atoms with Gasteiger partial charge in [-0.25, -0.2) is 0 Å². The zero-order chi connectivity index (χ0) is 13.9. The number of benzene rings is 1. The molecular formula is C17H27Cl2N3. The van der Waals surface area contributed by atoms with Gasteiger partial charge in [-0.05, 0) is 41.5 Å². The molecule has 22 heavy (non-hydrogen) atoms. The minimum absolute atomic E-state index is 0. The Bertz CT molecular complexity index is 562. The predicted molar refractivity (Wildman–Crippen MR) is 99.4 cm³/mol. The first-order valence-electron chi connectivity index (χ1n) is 7.76. The van der Waals surface area contributed by atoms with Crippen LogP contribution < -0.4 is 5.32 Å².